The summed E-state index contributed by atoms with van der Waals surface area (Å²) in [6.45, 7) is 4.21. The Labute approximate surface area is 155 Å². The molecule has 0 aliphatic rings. The summed E-state index contributed by atoms with van der Waals surface area (Å²) in [5, 5.41) is 25.1. The molecule has 138 valence electrons. The second kappa shape index (κ2) is 7.73. The number of aryl methyl sites for hydroxylation is 2. The number of nitrogens with one attached hydrogen (secondary N) is 1. The highest BCUT2D eigenvalue weighted by Crippen LogP contribution is 2.14. The molecule has 0 radical (unpaired) electrons. The second-order valence-electron chi connectivity index (χ2n) is 6.15. The lowest BCUT2D eigenvalue weighted by Gasteiger charge is -2.08. The highest BCUT2D eigenvalue weighted by Gasteiger charge is 2.12. The molecule has 0 aliphatic heterocycles. The third-order valence-electron chi connectivity index (χ3n) is 4.22. The van der Waals surface area contributed by atoms with Crippen molar-refractivity contribution < 1.29 is 9.72 Å². The van der Waals surface area contributed by atoms with E-state index in [9.17, 15) is 14.9 Å². The van der Waals surface area contributed by atoms with Crippen LogP contribution in [0.25, 0.3) is 5.69 Å². The largest absolute Gasteiger partial charge is 0.348 e. The maximum Gasteiger partial charge on any atom is 0.269 e. The van der Waals surface area contributed by atoms with E-state index in [4.69, 9.17) is 0 Å². The van der Waals surface area contributed by atoms with Crippen LogP contribution >= 0.6 is 0 Å². The Morgan fingerprint density at radius 1 is 1.15 bits per heavy atom. The minimum absolute atomic E-state index is 0.00766. The number of tetrazole rings is 1. The van der Waals surface area contributed by atoms with Gasteiger partial charge in [0.05, 0.1) is 23.6 Å². The Morgan fingerprint density at radius 3 is 2.56 bits per heavy atom. The van der Waals surface area contributed by atoms with Crippen molar-refractivity contribution in [2.75, 3.05) is 0 Å². The van der Waals surface area contributed by atoms with Gasteiger partial charge in [0, 0.05) is 12.1 Å². The molecule has 3 rings (SSSR count). The average Bonchev–Trinajstić information content (AvgIpc) is 3.11. The molecule has 0 saturated heterocycles. The summed E-state index contributed by atoms with van der Waals surface area (Å²) in [6, 6.07) is 11.8. The van der Waals surface area contributed by atoms with Crippen molar-refractivity contribution in [1.29, 1.82) is 0 Å². The number of aromatic nitrogens is 4. The van der Waals surface area contributed by atoms with Gasteiger partial charge in [-0.25, -0.2) is 0 Å². The van der Waals surface area contributed by atoms with Gasteiger partial charge in [-0.15, -0.1) is 5.10 Å². The molecule has 0 atom stereocenters. The van der Waals surface area contributed by atoms with Crippen molar-refractivity contribution >= 4 is 11.6 Å². The van der Waals surface area contributed by atoms with Crippen molar-refractivity contribution in [3.05, 3.63) is 75.1 Å². The Kier molecular flexibility index (Phi) is 5.20. The number of nitro benzene ring substituents is 1. The van der Waals surface area contributed by atoms with Crippen molar-refractivity contribution in [1.82, 2.24) is 25.5 Å². The first-order valence-electron chi connectivity index (χ1n) is 8.29. The fourth-order valence-corrected chi connectivity index (χ4v) is 2.53. The van der Waals surface area contributed by atoms with E-state index in [0.717, 1.165) is 11.3 Å². The molecule has 0 bridgehead atoms. The molecule has 9 heteroatoms. The Morgan fingerprint density at radius 2 is 1.89 bits per heavy atom. The van der Waals surface area contributed by atoms with E-state index < -0.39 is 4.92 Å². The summed E-state index contributed by atoms with van der Waals surface area (Å²) in [6.07, 6.45) is 0.114. The summed E-state index contributed by atoms with van der Waals surface area (Å²) >= 11 is 0. The van der Waals surface area contributed by atoms with E-state index in [1.807, 2.05) is 32.0 Å². The first kappa shape index (κ1) is 18.2. The van der Waals surface area contributed by atoms with Gasteiger partial charge in [0.25, 0.3) is 5.69 Å². The summed E-state index contributed by atoms with van der Waals surface area (Å²) in [4.78, 5) is 22.3. The molecule has 0 unspecified atom stereocenters. The van der Waals surface area contributed by atoms with E-state index in [1.165, 1.54) is 17.7 Å². The van der Waals surface area contributed by atoms with Crippen LogP contribution < -0.4 is 5.32 Å². The fraction of sp³-hybridized carbons (Fsp3) is 0.222. The molecule has 1 heterocycles. The second-order valence-corrected chi connectivity index (χ2v) is 6.15. The van der Waals surface area contributed by atoms with E-state index in [2.05, 4.69) is 20.8 Å². The van der Waals surface area contributed by atoms with Crippen LogP contribution in [-0.2, 0) is 17.8 Å². The lowest BCUT2D eigenvalue weighted by atomic mass is 10.1. The van der Waals surface area contributed by atoms with Crippen LogP contribution in [0.1, 0.15) is 22.5 Å². The van der Waals surface area contributed by atoms with Crippen LogP contribution in [-0.4, -0.2) is 31.0 Å². The van der Waals surface area contributed by atoms with Gasteiger partial charge in [-0.3, -0.25) is 14.9 Å². The first-order valence-corrected chi connectivity index (χ1v) is 8.29. The lowest BCUT2D eigenvalue weighted by molar-refractivity contribution is -0.384. The predicted octanol–water partition coefficient (Wildman–Crippen LogP) is 2.05. The molecular weight excluding hydrogens is 348 g/mol. The molecule has 0 aliphatic carbocycles. The molecule has 27 heavy (non-hydrogen) atoms. The number of hydrogen-bond acceptors (Lipinski definition) is 6. The summed E-state index contributed by atoms with van der Waals surface area (Å²) in [5.74, 6) is 0.286. The Hall–Kier alpha value is -3.62. The molecule has 2 aromatic carbocycles. The molecular formula is C18H18N6O3. The number of amides is 1. The Balaban J connectivity index is 1.63. The van der Waals surface area contributed by atoms with E-state index in [0.29, 0.717) is 11.4 Å². The zero-order valence-corrected chi connectivity index (χ0v) is 14.9. The summed E-state index contributed by atoms with van der Waals surface area (Å²) in [5.41, 5.74) is 3.79. The normalized spacial score (nSPS) is 10.6. The minimum atomic E-state index is -0.476. The van der Waals surface area contributed by atoms with Crippen LogP contribution in [0.3, 0.4) is 0 Å². The number of benzene rings is 2. The van der Waals surface area contributed by atoms with E-state index >= 15 is 0 Å². The highest BCUT2D eigenvalue weighted by molar-refractivity contribution is 5.78. The van der Waals surface area contributed by atoms with Crippen molar-refractivity contribution in [2.24, 2.45) is 0 Å². The first-order chi connectivity index (χ1) is 12.9. The van der Waals surface area contributed by atoms with Gasteiger partial charge >= 0.3 is 0 Å². The molecule has 1 N–H and O–H groups in total. The topological polar surface area (TPSA) is 116 Å². The Bertz CT molecular complexity index is 981. The molecule has 0 fully saturated rings. The number of nitro groups is 1. The smallest absolute Gasteiger partial charge is 0.269 e. The third kappa shape index (κ3) is 4.32. The standard InChI is InChI=1S/C18H18N6O3/c1-12-3-6-16(9-13(12)2)23-17(20-21-22-23)11-19-18(25)10-14-4-7-15(8-5-14)24(26)27/h3-9H,10-11H2,1-2H3,(H,19,25). The van der Waals surface area contributed by atoms with Gasteiger partial charge in [-0.2, -0.15) is 4.68 Å². The third-order valence-corrected chi connectivity index (χ3v) is 4.22. The van der Waals surface area contributed by atoms with Crippen LogP contribution in [0.15, 0.2) is 42.5 Å². The fourth-order valence-electron chi connectivity index (χ4n) is 2.53. The number of non-ortho nitro benzene ring substituents is 1. The maximum absolute atomic E-state index is 12.2. The SMILES string of the molecule is Cc1ccc(-n2nnnc2CNC(=O)Cc2ccc([N+](=O)[O-])cc2)cc1C. The number of hydrogen-bond donors (Lipinski definition) is 1. The van der Waals surface area contributed by atoms with Crippen molar-refractivity contribution in [3.63, 3.8) is 0 Å². The molecule has 3 aromatic rings. The molecule has 1 amide bonds. The quantitative estimate of drug-likeness (QED) is 0.527. The molecule has 0 saturated carbocycles. The van der Waals surface area contributed by atoms with E-state index in [-0.39, 0.29) is 24.6 Å². The molecule has 1 aromatic heterocycles. The molecule has 9 nitrogen and oxygen atoms in total. The van der Waals surface area contributed by atoms with Gasteiger partial charge in [0.1, 0.15) is 0 Å². The van der Waals surface area contributed by atoms with Crippen molar-refractivity contribution in [2.45, 2.75) is 26.8 Å². The van der Waals surface area contributed by atoms with Crippen molar-refractivity contribution in [3.8, 4) is 5.69 Å². The minimum Gasteiger partial charge on any atom is -0.348 e. The number of nitrogens with zero attached hydrogens (tertiary/aromatic N) is 5. The van der Waals surface area contributed by atoms with Gasteiger partial charge in [0.2, 0.25) is 5.91 Å². The zero-order valence-electron chi connectivity index (χ0n) is 14.9. The number of rotatable bonds is 6. The molecule has 0 spiro atoms. The number of carbonyl (C=O) groups excluding carboxylic acids is 1. The van der Waals surface area contributed by atoms with Gasteiger partial charge in [-0.05, 0) is 53.1 Å². The van der Waals surface area contributed by atoms with Crippen LogP contribution in [0, 0.1) is 24.0 Å². The lowest BCUT2D eigenvalue weighted by Crippen LogP contribution is -2.26. The van der Waals surface area contributed by atoms with Crippen LogP contribution in [0.2, 0.25) is 0 Å². The zero-order chi connectivity index (χ0) is 19.4. The summed E-state index contributed by atoms with van der Waals surface area (Å²) < 4.78 is 1.58. The maximum atomic E-state index is 12.2. The summed E-state index contributed by atoms with van der Waals surface area (Å²) in [7, 11) is 0. The van der Waals surface area contributed by atoms with Gasteiger partial charge in [-0.1, -0.05) is 18.2 Å². The highest BCUT2D eigenvalue weighted by atomic mass is 16.6. The van der Waals surface area contributed by atoms with E-state index in [1.54, 1.807) is 16.8 Å². The van der Waals surface area contributed by atoms with Crippen LogP contribution in [0.4, 0.5) is 5.69 Å². The average molecular weight is 366 g/mol. The van der Waals surface area contributed by atoms with Gasteiger partial charge in [0.15, 0.2) is 5.82 Å². The number of carbonyl (C=O) groups is 1. The van der Waals surface area contributed by atoms with Crippen LogP contribution in [0.5, 0.6) is 0 Å². The predicted molar refractivity (Wildman–Crippen MR) is 97.3 cm³/mol. The van der Waals surface area contributed by atoms with Gasteiger partial charge < -0.3 is 5.32 Å². The monoisotopic (exact) mass is 366 g/mol.